The molecule has 1 atom stereocenters. The Labute approximate surface area is 198 Å². The van der Waals surface area contributed by atoms with Gasteiger partial charge in [0.05, 0.1) is 12.9 Å². The van der Waals surface area contributed by atoms with Crippen molar-refractivity contribution in [3.63, 3.8) is 0 Å². The lowest BCUT2D eigenvalue weighted by atomic mass is 10.1. The van der Waals surface area contributed by atoms with E-state index in [0.717, 1.165) is 5.56 Å². The number of nitrogens with one attached hydrogen (secondary N) is 1. The molecule has 2 amide bonds. The molecule has 8 heteroatoms. The SMILES string of the molecule is COc1ccc(CN(C(=O)CSCc2c(F)cccc2Cl)C(C)C(=O)NCC(C)C)cc1. The number of nitrogens with zero attached hydrogens (tertiary/aromatic N) is 1. The zero-order chi connectivity index (χ0) is 23.7. The molecule has 0 heterocycles. The molecule has 174 valence electrons. The number of hydrogen-bond acceptors (Lipinski definition) is 4. The van der Waals surface area contributed by atoms with Crippen LogP contribution in [0.4, 0.5) is 4.39 Å². The van der Waals surface area contributed by atoms with Crippen LogP contribution < -0.4 is 10.1 Å². The molecule has 5 nitrogen and oxygen atoms in total. The van der Waals surface area contributed by atoms with Crippen molar-refractivity contribution in [1.82, 2.24) is 10.2 Å². The second-order valence-corrected chi connectivity index (χ2v) is 9.27. The molecule has 0 aliphatic rings. The maximum absolute atomic E-state index is 14.0. The number of benzene rings is 2. The molecule has 1 N–H and O–H groups in total. The third-order valence-electron chi connectivity index (χ3n) is 4.90. The van der Waals surface area contributed by atoms with Crippen LogP contribution in [0.2, 0.25) is 5.02 Å². The average Bonchev–Trinajstić information content (AvgIpc) is 2.77. The highest BCUT2D eigenvalue weighted by Crippen LogP contribution is 2.24. The van der Waals surface area contributed by atoms with Crippen molar-refractivity contribution in [1.29, 1.82) is 0 Å². The average molecular weight is 481 g/mol. The lowest BCUT2D eigenvalue weighted by Gasteiger charge is -2.29. The van der Waals surface area contributed by atoms with Crippen molar-refractivity contribution >= 4 is 35.2 Å². The monoisotopic (exact) mass is 480 g/mol. The normalized spacial score (nSPS) is 11.8. The van der Waals surface area contributed by atoms with Gasteiger partial charge in [-0.25, -0.2) is 4.39 Å². The van der Waals surface area contributed by atoms with Gasteiger partial charge in [0.15, 0.2) is 0 Å². The number of ether oxygens (including phenoxy) is 1. The van der Waals surface area contributed by atoms with E-state index in [1.54, 1.807) is 31.1 Å². The minimum atomic E-state index is -0.652. The second-order valence-electron chi connectivity index (χ2n) is 7.88. The Hall–Kier alpha value is -2.25. The Bertz CT molecular complexity index is 888. The number of hydrogen-bond donors (Lipinski definition) is 1. The van der Waals surface area contributed by atoms with Gasteiger partial charge in [-0.05, 0) is 42.7 Å². The smallest absolute Gasteiger partial charge is 0.242 e. The molecule has 0 aliphatic heterocycles. The van der Waals surface area contributed by atoms with Gasteiger partial charge in [0.2, 0.25) is 11.8 Å². The summed E-state index contributed by atoms with van der Waals surface area (Å²) in [6.45, 7) is 6.55. The van der Waals surface area contributed by atoms with Gasteiger partial charge in [-0.2, -0.15) is 0 Å². The van der Waals surface area contributed by atoms with E-state index in [1.807, 2.05) is 38.1 Å². The van der Waals surface area contributed by atoms with Gasteiger partial charge in [-0.3, -0.25) is 9.59 Å². The predicted molar refractivity (Wildman–Crippen MR) is 128 cm³/mol. The van der Waals surface area contributed by atoms with Crippen molar-refractivity contribution in [2.24, 2.45) is 5.92 Å². The van der Waals surface area contributed by atoms with Gasteiger partial charge in [-0.1, -0.05) is 43.6 Å². The first-order valence-electron chi connectivity index (χ1n) is 10.4. The van der Waals surface area contributed by atoms with Crippen molar-refractivity contribution in [2.75, 3.05) is 19.4 Å². The Morgan fingerprint density at radius 2 is 1.84 bits per heavy atom. The van der Waals surface area contributed by atoms with Gasteiger partial charge in [0, 0.05) is 29.4 Å². The molecule has 0 aliphatic carbocycles. The summed E-state index contributed by atoms with van der Waals surface area (Å²) in [5, 5.41) is 3.23. The van der Waals surface area contributed by atoms with E-state index >= 15 is 0 Å². The highest BCUT2D eigenvalue weighted by atomic mass is 35.5. The standard InChI is InChI=1S/C24H30ClFN2O3S/c1-16(2)12-27-24(30)17(3)28(13-18-8-10-19(31-4)11-9-18)23(29)15-32-14-20-21(25)6-5-7-22(20)26/h5-11,16-17H,12-15H2,1-4H3,(H,27,30). The fraction of sp³-hybridized carbons (Fsp3) is 0.417. The minimum Gasteiger partial charge on any atom is -0.497 e. The number of amides is 2. The van der Waals surface area contributed by atoms with Gasteiger partial charge in [-0.15, -0.1) is 11.8 Å². The number of thioether (sulfide) groups is 1. The van der Waals surface area contributed by atoms with Crippen molar-refractivity contribution in [3.05, 3.63) is 64.4 Å². The molecule has 2 aromatic rings. The van der Waals surface area contributed by atoms with E-state index in [4.69, 9.17) is 16.3 Å². The highest BCUT2D eigenvalue weighted by Gasteiger charge is 2.26. The molecule has 0 aromatic heterocycles. The van der Waals surface area contributed by atoms with E-state index in [0.29, 0.717) is 28.8 Å². The lowest BCUT2D eigenvalue weighted by molar-refractivity contribution is -0.138. The lowest BCUT2D eigenvalue weighted by Crippen LogP contribution is -2.48. The Balaban J connectivity index is 2.10. The molecule has 0 fully saturated rings. The molecule has 0 saturated carbocycles. The topological polar surface area (TPSA) is 58.6 Å². The summed E-state index contributed by atoms with van der Waals surface area (Å²) >= 11 is 7.35. The summed E-state index contributed by atoms with van der Waals surface area (Å²) in [6, 6.07) is 11.2. The van der Waals surface area contributed by atoms with Crippen LogP contribution in [0.3, 0.4) is 0 Å². The van der Waals surface area contributed by atoms with Crippen LogP contribution in [0.5, 0.6) is 5.75 Å². The summed E-state index contributed by atoms with van der Waals surface area (Å²) in [6.07, 6.45) is 0. The Morgan fingerprint density at radius 1 is 1.16 bits per heavy atom. The summed E-state index contributed by atoms with van der Waals surface area (Å²) in [7, 11) is 1.59. The first-order valence-corrected chi connectivity index (χ1v) is 12.0. The maximum Gasteiger partial charge on any atom is 0.242 e. The van der Waals surface area contributed by atoms with Crippen LogP contribution in [0.25, 0.3) is 0 Å². The van der Waals surface area contributed by atoms with E-state index in [2.05, 4.69) is 5.32 Å². The molecule has 0 radical (unpaired) electrons. The number of methoxy groups -OCH3 is 1. The zero-order valence-electron chi connectivity index (χ0n) is 18.9. The molecule has 1 unspecified atom stereocenters. The first-order chi connectivity index (χ1) is 15.2. The highest BCUT2D eigenvalue weighted by molar-refractivity contribution is 7.99. The van der Waals surface area contributed by atoms with Crippen LogP contribution in [-0.2, 0) is 21.9 Å². The van der Waals surface area contributed by atoms with Gasteiger partial charge < -0.3 is 15.0 Å². The molecule has 0 bridgehead atoms. The van der Waals surface area contributed by atoms with E-state index in [9.17, 15) is 14.0 Å². The second kappa shape index (κ2) is 12.7. The summed E-state index contributed by atoms with van der Waals surface area (Å²) in [5.41, 5.74) is 1.25. The van der Waals surface area contributed by atoms with Gasteiger partial charge in [0.1, 0.15) is 17.6 Å². The predicted octanol–water partition coefficient (Wildman–Crippen LogP) is 4.91. The third kappa shape index (κ3) is 7.71. The fourth-order valence-corrected chi connectivity index (χ4v) is 4.21. The maximum atomic E-state index is 14.0. The molecule has 2 aromatic carbocycles. The molecular weight excluding hydrogens is 451 g/mol. The molecule has 2 rings (SSSR count). The third-order valence-corrected chi connectivity index (χ3v) is 6.20. The van der Waals surface area contributed by atoms with E-state index in [1.165, 1.54) is 17.8 Å². The van der Waals surface area contributed by atoms with Crippen molar-refractivity contribution in [3.8, 4) is 5.75 Å². The van der Waals surface area contributed by atoms with Crippen LogP contribution in [0, 0.1) is 11.7 Å². The summed E-state index contributed by atoms with van der Waals surface area (Å²) in [4.78, 5) is 27.3. The van der Waals surface area contributed by atoms with Crippen molar-refractivity contribution in [2.45, 2.75) is 39.1 Å². The molecule has 0 spiro atoms. The first kappa shape index (κ1) is 26.0. The summed E-state index contributed by atoms with van der Waals surface area (Å²) < 4.78 is 19.2. The molecule has 0 saturated heterocycles. The molecule has 32 heavy (non-hydrogen) atoms. The molecular formula is C24H30ClFN2O3S. The Kier molecular flexibility index (Phi) is 10.3. The number of carbonyl (C=O) groups is 2. The van der Waals surface area contributed by atoms with Crippen LogP contribution >= 0.6 is 23.4 Å². The number of halogens is 2. The van der Waals surface area contributed by atoms with Crippen LogP contribution in [0.15, 0.2) is 42.5 Å². The van der Waals surface area contributed by atoms with E-state index < -0.39 is 11.9 Å². The number of rotatable bonds is 11. The zero-order valence-corrected chi connectivity index (χ0v) is 20.4. The van der Waals surface area contributed by atoms with Gasteiger partial charge >= 0.3 is 0 Å². The van der Waals surface area contributed by atoms with Crippen LogP contribution in [0.1, 0.15) is 31.9 Å². The quantitative estimate of drug-likeness (QED) is 0.496. The summed E-state index contributed by atoms with van der Waals surface area (Å²) in [5.74, 6) is 0.580. The van der Waals surface area contributed by atoms with Crippen molar-refractivity contribution < 1.29 is 18.7 Å². The minimum absolute atomic E-state index is 0.0998. The fourth-order valence-electron chi connectivity index (χ4n) is 2.96. The largest absolute Gasteiger partial charge is 0.497 e. The van der Waals surface area contributed by atoms with E-state index in [-0.39, 0.29) is 29.9 Å². The number of carbonyl (C=O) groups excluding carboxylic acids is 2. The Morgan fingerprint density at radius 3 is 2.44 bits per heavy atom. The van der Waals surface area contributed by atoms with Crippen LogP contribution in [-0.4, -0.2) is 42.2 Å². The van der Waals surface area contributed by atoms with Gasteiger partial charge in [0.25, 0.3) is 0 Å².